The van der Waals surface area contributed by atoms with Crippen molar-refractivity contribution >= 4 is 5.91 Å². The molecule has 0 radical (unpaired) electrons. The van der Waals surface area contributed by atoms with E-state index in [1.165, 1.54) is 0 Å². The lowest BCUT2D eigenvalue weighted by atomic mass is 10.3. The smallest absolute Gasteiger partial charge is 0.269 e. The molecule has 7 nitrogen and oxygen atoms in total. The van der Waals surface area contributed by atoms with Crippen LogP contribution in [0.15, 0.2) is 18.5 Å². The number of carbonyl (C=O) groups is 1. The van der Waals surface area contributed by atoms with E-state index in [0.717, 1.165) is 18.1 Å². The van der Waals surface area contributed by atoms with Gasteiger partial charge in [-0.15, -0.1) is 0 Å². The van der Waals surface area contributed by atoms with Crippen LogP contribution in [0.1, 0.15) is 22.0 Å². The van der Waals surface area contributed by atoms with Gasteiger partial charge in [-0.05, 0) is 13.0 Å². The molecule has 2 aromatic rings. The van der Waals surface area contributed by atoms with Crippen LogP contribution in [0, 0.1) is 6.92 Å². The summed E-state index contributed by atoms with van der Waals surface area (Å²) in [7, 11) is 3.43. The summed E-state index contributed by atoms with van der Waals surface area (Å²) >= 11 is 0. The molecule has 2 rings (SSSR count). The molecule has 1 N–H and O–H groups in total. The van der Waals surface area contributed by atoms with Crippen LogP contribution in [0.25, 0.3) is 0 Å². The number of amides is 1. The van der Waals surface area contributed by atoms with Crippen LogP contribution in [-0.2, 0) is 24.8 Å². The van der Waals surface area contributed by atoms with Crippen molar-refractivity contribution in [3.05, 3.63) is 35.7 Å². The third-order valence-corrected chi connectivity index (χ3v) is 3.34. The minimum absolute atomic E-state index is 0.123. The van der Waals surface area contributed by atoms with Crippen molar-refractivity contribution in [1.82, 2.24) is 24.6 Å². The molecule has 0 aliphatic heterocycles. The van der Waals surface area contributed by atoms with Gasteiger partial charge in [0.1, 0.15) is 11.5 Å². The van der Waals surface area contributed by atoms with Crippen LogP contribution in [-0.4, -0.2) is 45.5 Å². The van der Waals surface area contributed by atoms with Crippen LogP contribution in [0.3, 0.4) is 0 Å². The fourth-order valence-corrected chi connectivity index (χ4v) is 2.17. The fourth-order valence-electron chi connectivity index (χ4n) is 2.17. The van der Waals surface area contributed by atoms with E-state index in [2.05, 4.69) is 20.0 Å². The van der Waals surface area contributed by atoms with Crippen molar-refractivity contribution < 1.29 is 9.53 Å². The molecule has 0 aliphatic carbocycles. The van der Waals surface area contributed by atoms with E-state index >= 15 is 0 Å². The lowest BCUT2D eigenvalue weighted by Crippen LogP contribution is -2.28. The second-order valence-electron chi connectivity index (χ2n) is 4.81. The Morgan fingerprint density at radius 1 is 1.48 bits per heavy atom. The third kappa shape index (κ3) is 3.69. The van der Waals surface area contributed by atoms with Gasteiger partial charge in [-0.1, -0.05) is 0 Å². The van der Waals surface area contributed by atoms with E-state index in [1.54, 1.807) is 31.1 Å². The summed E-state index contributed by atoms with van der Waals surface area (Å²) in [5, 5.41) is 6.86. The summed E-state index contributed by atoms with van der Waals surface area (Å²) in [6, 6.07) is 1.69. The van der Waals surface area contributed by atoms with Gasteiger partial charge >= 0.3 is 0 Å². The number of nitrogens with zero attached hydrogens (tertiary/aromatic N) is 4. The highest BCUT2D eigenvalue weighted by Crippen LogP contribution is 2.05. The van der Waals surface area contributed by atoms with Gasteiger partial charge in [0.05, 0.1) is 6.61 Å². The van der Waals surface area contributed by atoms with Gasteiger partial charge in [0.25, 0.3) is 5.91 Å². The number of imidazole rings is 1. The summed E-state index contributed by atoms with van der Waals surface area (Å²) in [6.45, 7) is 3.97. The standard InChI is InChI=1S/C14H21N5O2/c1-11-10-16-13(19(11)8-9-21-3)5-6-15-14(20)12-4-7-17-18(12)2/h4,7,10H,5-6,8-9H2,1-3H3,(H,15,20). The number of ether oxygens (including phenoxy) is 1. The lowest BCUT2D eigenvalue weighted by molar-refractivity contribution is 0.0944. The molecule has 0 aliphatic rings. The van der Waals surface area contributed by atoms with E-state index in [4.69, 9.17) is 4.74 Å². The first-order valence-electron chi connectivity index (χ1n) is 6.89. The molecule has 0 bridgehead atoms. The number of aromatic nitrogens is 4. The average molecular weight is 291 g/mol. The maximum Gasteiger partial charge on any atom is 0.269 e. The number of methoxy groups -OCH3 is 1. The van der Waals surface area contributed by atoms with Gasteiger partial charge in [-0.2, -0.15) is 5.10 Å². The van der Waals surface area contributed by atoms with Crippen LogP contribution in [0.2, 0.25) is 0 Å². The molecule has 0 atom stereocenters. The Balaban J connectivity index is 1.89. The molecule has 0 unspecified atom stereocenters. The molecular formula is C14H21N5O2. The summed E-state index contributed by atoms with van der Waals surface area (Å²) in [6.07, 6.45) is 4.13. The van der Waals surface area contributed by atoms with Gasteiger partial charge in [-0.25, -0.2) is 4.98 Å². The predicted molar refractivity (Wildman–Crippen MR) is 78.1 cm³/mol. The van der Waals surface area contributed by atoms with E-state index in [0.29, 0.717) is 25.3 Å². The number of carbonyl (C=O) groups excluding carboxylic acids is 1. The summed E-state index contributed by atoms with van der Waals surface area (Å²) in [5.41, 5.74) is 1.65. The maximum atomic E-state index is 12.0. The van der Waals surface area contributed by atoms with Crippen LogP contribution >= 0.6 is 0 Å². The molecule has 1 amide bonds. The minimum Gasteiger partial charge on any atom is -0.383 e. The Labute approximate surface area is 123 Å². The Morgan fingerprint density at radius 2 is 2.29 bits per heavy atom. The van der Waals surface area contributed by atoms with Gasteiger partial charge in [0.2, 0.25) is 0 Å². The molecule has 0 saturated heterocycles. The topological polar surface area (TPSA) is 74.0 Å². The Kier molecular flexibility index (Phi) is 5.10. The largest absolute Gasteiger partial charge is 0.383 e. The Hall–Kier alpha value is -2.15. The first-order chi connectivity index (χ1) is 10.1. The van der Waals surface area contributed by atoms with Gasteiger partial charge in [0.15, 0.2) is 0 Å². The second-order valence-corrected chi connectivity index (χ2v) is 4.81. The minimum atomic E-state index is -0.123. The first kappa shape index (κ1) is 15.2. The first-order valence-corrected chi connectivity index (χ1v) is 6.89. The highest BCUT2D eigenvalue weighted by molar-refractivity contribution is 5.92. The van der Waals surface area contributed by atoms with E-state index < -0.39 is 0 Å². The van der Waals surface area contributed by atoms with Crippen molar-refractivity contribution in [3.8, 4) is 0 Å². The summed E-state index contributed by atoms with van der Waals surface area (Å²) in [4.78, 5) is 16.3. The molecule has 0 fully saturated rings. The number of nitrogens with one attached hydrogen (secondary N) is 1. The van der Waals surface area contributed by atoms with Crippen LogP contribution in [0.5, 0.6) is 0 Å². The van der Waals surface area contributed by atoms with Crippen molar-refractivity contribution in [2.75, 3.05) is 20.3 Å². The molecule has 0 spiro atoms. The highest BCUT2D eigenvalue weighted by Gasteiger charge is 2.10. The molecule has 0 aromatic carbocycles. The van der Waals surface area contributed by atoms with Crippen molar-refractivity contribution in [2.45, 2.75) is 19.9 Å². The SMILES string of the molecule is COCCn1c(C)cnc1CCNC(=O)c1ccnn1C. The van der Waals surface area contributed by atoms with Gasteiger partial charge < -0.3 is 14.6 Å². The monoisotopic (exact) mass is 291 g/mol. The van der Waals surface area contributed by atoms with Gasteiger partial charge in [0, 0.05) is 51.8 Å². The Morgan fingerprint density at radius 3 is 2.95 bits per heavy atom. The molecule has 114 valence electrons. The summed E-state index contributed by atoms with van der Waals surface area (Å²) in [5.74, 6) is 0.830. The molecule has 2 heterocycles. The fraction of sp³-hybridized carbons (Fsp3) is 0.500. The average Bonchev–Trinajstić information content (AvgIpc) is 3.03. The maximum absolute atomic E-state index is 12.0. The van der Waals surface area contributed by atoms with Crippen molar-refractivity contribution in [1.29, 1.82) is 0 Å². The molecule has 21 heavy (non-hydrogen) atoms. The third-order valence-electron chi connectivity index (χ3n) is 3.34. The van der Waals surface area contributed by atoms with Crippen molar-refractivity contribution in [2.24, 2.45) is 7.05 Å². The molecule has 0 saturated carbocycles. The molecular weight excluding hydrogens is 270 g/mol. The van der Waals surface area contributed by atoms with E-state index in [1.807, 2.05) is 13.1 Å². The quantitative estimate of drug-likeness (QED) is 0.808. The molecule has 7 heteroatoms. The van der Waals surface area contributed by atoms with Crippen LogP contribution < -0.4 is 5.32 Å². The predicted octanol–water partition coefficient (Wildman–Crippen LogP) is 0.544. The number of hydrogen-bond acceptors (Lipinski definition) is 4. The summed E-state index contributed by atoms with van der Waals surface area (Å²) < 4.78 is 8.77. The zero-order valence-electron chi connectivity index (χ0n) is 12.7. The van der Waals surface area contributed by atoms with E-state index in [-0.39, 0.29) is 5.91 Å². The zero-order valence-corrected chi connectivity index (χ0v) is 12.7. The molecule has 2 aromatic heterocycles. The number of hydrogen-bond donors (Lipinski definition) is 1. The van der Waals surface area contributed by atoms with Crippen LogP contribution in [0.4, 0.5) is 0 Å². The zero-order chi connectivity index (χ0) is 15.2. The van der Waals surface area contributed by atoms with Gasteiger partial charge in [-0.3, -0.25) is 9.48 Å². The number of rotatable bonds is 7. The highest BCUT2D eigenvalue weighted by atomic mass is 16.5. The Bertz CT molecular complexity index is 602. The normalized spacial score (nSPS) is 10.8. The van der Waals surface area contributed by atoms with Crippen molar-refractivity contribution in [3.63, 3.8) is 0 Å². The van der Waals surface area contributed by atoms with E-state index in [9.17, 15) is 4.79 Å². The lowest BCUT2D eigenvalue weighted by Gasteiger charge is -2.10. The second kappa shape index (κ2) is 7.03. The number of aryl methyl sites for hydroxylation is 2.